The third-order valence-corrected chi connectivity index (χ3v) is 6.09. The predicted octanol–water partition coefficient (Wildman–Crippen LogP) is 5.36. The molecule has 1 N–H and O–H groups in total. The normalized spacial score (nSPS) is 14.7. The van der Waals surface area contributed by atoms with Gasteiger partial charge in [0, 0.05) is 24.3 Å². The van der Waals surface area contributed by atoms with Crippen molar-refractivity contribution in [3.05, 3.63) is 64.7 Å². The summed E-state index contributed by atoms with van der Waals surface area (Å²) in [5.41, 5.74) is 5.13. The van der Waals surface area contributed by atoms with E-state index in [0.29, 0.717) is 12.2 Å². The summed E-state index contributed by atoms with van der Waals surface area (Å²) in [6.07, 6.45) is 5.92. The van der Waals surface area contributed by atoms with E-state index in [-0.39, 0.29) is 24.3 Å². The van der Waals surface area contributed by atoms with Crippen molar-refractivity contribution >= 4 is 17.6 Å². The van der Waals surface area contributed by atoms with Gasteiger partial charge in [-0.1, -0.05) is 37.6 Å². The van der Waals surface area contributed by atoms with Crippen LogP contribution in [0.1, 0.15) is 79.0 Å². The molecule has 0 saturated carbocycles. The molecule has 2 aromatic rings. The average Bonchev–Trinajstić information content (AvgIpc) is 2.80. The minimum absolute atomic E-state index is 0.000168. The summed E-state index contributed by atoms with van der Waals surface area (Å²) in [7, 11) is 0. The summed E-state index contributed by atoms with van der Waals surface area (Å²) in [5, 5.41) is 3.30. The topological polar surface area (TPSA) is 58.6 Å². The van der Waals surface area contributed by atoms with Crippen LogP contribution in [0.2, 0.25) is 0 Å². The molecule has 1 saturated heterocycles. The highest BCUT2D eigenvalue weighted by Gasteiger charge is 2.23. The lowest BCUT2D eigenvalue weighted by Crippen LogP contribution is -2.34. The van der Waals surface area contributed by atoms with Gasteiger partial charge in [0.2, 0.25) is 5.91 Å². The summed E-state index contributed by atoms with van der Waals surface area (Å²) < 4.78 is 5.03. The Morgan fingerprint density at radius 1 is 1.03 bits per heavy atom. The van der Waals surface area contributed by atoms with Crippen molar-refractivity contribution in [1.82, 2.24) is 5.32 Å². The monoisotopic (exact) mass is 436 g/mol. The van der Waals surface area contributed by atoms with Gasteiger partial charge < -0.3 is 15.0 Å². The number of anilines is 1. The van der Waals surface area contributed by atoms with Gasteiger partial charge in [0.05, 0.1) is 24.6 Å². The fourth-order valence-electron chi connectivity index (χ4n) is 4.51. The second kappa shape index (κ2) is 11.7. The average molecular weight is 437 g/mol. The van der Waals surface area contributed by atoms with Crippen molar-refractivity contribution in [3.8, 4) is 0 Å². The van der Waals surface area contributed by atoms with Crippen molar-refractivity contribution in [2.24, 2.45) is 0 Å². The molecule has 0 bridgehead atoms. The largest absolute Gasteiger partial charge is 0.462 e. The Labute approximate surface area is 192 Å². The molecule has 172 valence electrons. The third kappa shape index (κ3) is 6.12. The molecule has 5 heteroatoms. The highest BCUT2D eigenvalue weighted by atomic mass is 16.5. The van der Waals surface area contributed by atoms with Gasteiger partial charge in [-0.2, -0.15) is 0 Å². The minimum Gasteiger partial charge on any atom is -0.462 e. The summed E-state index contributed by atoms with van der Waals surface area (Å²) in [5.74, 6) is -0.337. The number of aryl methyl sites for hydroxylation is 1. The van der Waals surface area contributed by atoms with Gasteiger partial charge >= 0.3 is 5.97 Å². The molecule has 1 heterocycles. The number of hydrogen-bond donors (Lipinski definition) is 1. The highest BCUT2D eigenvalue weighted by Crippen LogP contribution is 2.33. The van der Waals surface area contributed by atoms with Crippen LogP contribution in [-0.2, 0) is 16.0 Å². The van der Waals surface area contributed by atoms with Crippen molar-refractivity contribution in [1.29, 1.82) is 0 Å². The Bertz CT molecular complexity index is 902. The van der Waals surface area contributed by atoms with Gasteiger partial charge in [-0.25, -0.2) is 4.79 Å². The van der Waals surface area contributed by atoms with Crippen LogP contribution in [0.3, 0.4) is 0 Å². The lowest BCUT2D eigenvalue weighted by atomic mass is 9.94. The van der Waals surface area contributed by atoms with Crippen molar-refractivity contribution < 1.29 is 14.3 Å². The maximum atomic E-state index is 13.0. The first-order chi connectivity index (χ1) is 15.5. The molecule has 5 nitrogen and oxygen atoms in total. The van der Waals surface area contributed by atoms with Gasteiger partial charge in [0.1, 0.15) is 0 Å². The fraction of sp³-hybridized carbons (Fsp3) is 0.481. The van der Waals surface area contributed by atoms with Crippen molar-refractivity contribution in [3.63, 3.8) is 0 Å². The first-order valence-corrected chi connectivity index (χ1v) is 11.9. The number of piperidine rings is 1. The second-order valence-electron chi connectivity index (χ2n) is 8.56. The van der Waals surface area contributed by atoms with Crippen molar-refractivity contribution in [2.45, 2.75) is 65.3 Å². The number of amides is 1. The Kier molecular flexibility index (Phi) is 8.72. The summed E-state index contributed by atoms with van der Waals surface area (Å²) in [4.78, 5) is 27.3. The van der Waals surface area contributed by atoms with Crippen LogP contribution in [0.4, 0.5) is 5.69 Å². The first kappa shape index (κ1) is 23.8. The molecule has 32 heavy (non-hydrogen) atoms. The van der Waals surface area contributed by atoms with Crippen LogP contribution in [-0.4, -0.2) is 31.6 Å². The molecule has 2 aromatic carbocycles. The number of carbonyl (C=O) groups is 2. The minimum atomic E-state index is -0.337. The number of carbonyl (C=O) groups excluding carboxylic acids is 2. The van der Waals surface area contributed by atoms with Gasteiger partial charge in [-0.3, -0.25) is 4.79 Å². The third-order valence-electron chi connectivity index (χ3n) is 6.09. The van der Waals surface area contributed by atoms with Crippen LogP contribution in [0.15, 0.2) is 42.5 Å². The van der Waals surface area contributed by atoms with Crippen molar-refractivity contribution in [2.75, 3.05) is 24.6 Å². The SMILES string of the molecule is CCCC(NC(=O)Cc1ccc(C(=O)OCC)cc1)c1c(C)cccc1N1CCCCC1. The van der Waals surface area contributed by atoms with E-state index in [1.165, 1.54) is 36.1 Å². The summed E-state index contributed by atoms with van der Waals surface area (Å²) in [6.45, 7) is 8.60. The number of hydrogen-bond acceptors (Lipinski definition) is 4. The Morgan fingerprint density at radius 2 is 1.75 bits per heavy atom. The molecule has 1 fully saturated rings. The molecule has 1 unspecified atom stereocenters. The van der Waals surface area contributed by atoms with Gasteiger partial charge in [-0.05, 0) is 68.9 Å². The molecule has 1 aliphatic heterocycles. The van der Waals surface area contributed by atoms with E-state index < -0.39 is 0 Å². The van der Waals surface area contributed by atoms with Gasteiger partial charge in [0.15, 0.2) is 0 Å². The number of rotatable bonds is 9. The van der Waals surface area contributed by atoms with E-state index in [4.69, 9.17) is 4.74 Å². The standard InChI is InChI=1S/C27H36N2O3/c1-4-10-23(26-20(3)11-9-12-24(26)29-17-7-6-8-18-29)28-25(30)19-21-13-15-22(16-14-21)27(31)32-5-2/h9,11-16,23H,4-8,10,17-19H2,1-3H3,(H,28,30). The smallest absolute Gasteiger partial charge is 0.338 e. The van der Waals surface area contributed by atoms with Crippen LogP contribution < -0.4 is 10.2 Å². The number of ether oxygens (including phenoxy) is 1. The maximum Gasteiger partial charge on any atom is 0.338 e. The van der Waals surface area contributed by atoms with E-state index >= 15 is 0 Å². The summed E-state index contributed by atoms with van der Waals surface area (Å²) in [6, 6.07) is 13.6. The fourth-order valence-corrected chi connectivity index (χ4v) is 4.51. The van der Waals surface area contributed by atoms with E-state index in [9.17, 15) is 9.59 Å². The van der Waals surface area contributed by atoms with Crippen LogP contribution in [0.5, 0.6) is 0 Å². The van der Waals surface area contributed by atoms with Crippen LogP contribution >= 0.6 is 0 Å². The van der Waals surface area contributed by atoms with E-state index in [2.05, 4.69) is 42.3 Å². The van der Waals surface area contributed by atoms with E-state index in [1.54, 1.807) is 19.1 Å². The lowest BCUT2D eigenvalue weighted by molar-refractivity contribution is -0.121. The Hall–Kier alpha value is -2.82. The molecule has 1 atom stereocenters. The molecular formula is C27H36N2O3. The zero-order valence-electron chi connectivity index (χ0n) is 19.7. The lowest BCUT2D eigenvalue weighted by Gasteiger charge is -2.33. The van der Waals surface area contributed by atoms with Crippen LogP contribution in [0.25, 0.3) is 0 Å². The predicted molar refractivity (Wildman–Crippen MR) is 129 cm³/mol. The second-order valence-corrected chi connectivity index (χ2v) is 8.56. The van der Waals surface area contributed by atoms with E-state index in [0.717, 1.165) is 31.5 Å². The number of benzene rings is 2. The quantitative estimate of drug-likeness (QED) is 0.538. The molecule has 3 rings (SSSR count). The number of nitrogens with zero attached hydrogens (tertiary/aromatic N) is 1. The van der Waals surface area contributed by atoms with Gasteiger partial charge in [0.25, 0.3) is 0 Å². The number of nitrogens with one attached hydrogen (secondary N) is 1. The molecule has 1 amide bonds. The Morgan fingerprint density at radius 3 is 2.41 bits per heavy atom. The molecular weight excluding hydrogens is 400 g/mol. The summed E-state index contributed by atoms with van der Waals surface area (Å²) >= 11 is 0. The molecule has 0 aliphatic carbocycles. The zero-order chi connectivity index (χ0) is 22.9. The molecule has 0 spiro atoms. The highest BCUT2D eigenvalue weighted by molar-refractivity contribution is 5.89. The molecule has 0 aromatic heterocycles. The number of esters is 1. The van der Waals surface area contributed by atoms with Gasteiger partial charge in [-0.15, -0.1) is 0 Å². The molecule has 0 radical (unpaired) electrons. The van der Waals surface area contributed by atoms with Crippen LogP contribution in [0, 0.1) is 6.92 Å². The molecule has 1 aliphatic rings. The maximum absolute atomic E-state index is 13.0. The van der Waals surface area contributed by atoms with E-state index in [1.807, 2.05) is 12.1 Å². The zero-order valence-corrected chi connectivity index (χ0v) is 19.7. The Balaban J connectivity index is 1.74. The first-order valence-electron chi connectivity index (χ1n) is 11.9.